The first-order chi connectivity index (χ1) is 14.8. The number of nitrogens with two attached hydrogens (primary N) is 1. The van der Waals surface area contributed by atoms with Gasteiger partial charge in [-0.1, -0.05) is 32.0 Å². The molecule has 174 valence electrons. The third-order valence-corrected chi connectivity index (χ3v) is 7.58. The maximum atomic E-state index is 10.6. The standard InChI is InChI=1S/C20H26BNO3.C2HF3O2/c1-19(2)13-9-16(19)20(3)17(10-13)24-21(25-20)18(22)8-12-11-23-15-7-5-4-6-14(12)15;3-2(4,5)1(6)7/h4-7,11,13,16-18H,8-10,22H2,1-3H3;(H,6,7)/t13-,16-,17+,18-,20-;/m0./s1. The average Bonchev–Trinajstić information content (AvgIpc) is 3.28. The Morgan fingerprint density at radius 2 is 1.94 bits per heavy atom. The third-order valence-electron chi connectivity index (χ3n) is 7.58. The highest BCUT2D eigenvalue weighted by molar-refractivity contribution is 6.47. The lowest BCUT2D eigenvalue weighted by Gasteiger charge is -2.64. The van der Waals surface area contributed by atoms with Gasteiger partial charge in [0.25, 0.3) is 0 Å². The Morgan fingerprint density at radius 3 is 2.56 bits per heavy atom. The Labute approximate surface area is 184 Å². The van der Waals surface area contributed by atoms with E-state index in [9.17, 15) is 13.2 Å². The van der Waals surface area contributed by atoms with Crippen molar-refractivity contribution in [3.63, 3.8) is 0 Å². The summed E-state index contributed by atoms with van der Waals surface area (Å²) in [6.45, 7) is 6.99. The van der Waals surface area contributed by atoms with Crippen LogP contribution in [-0.2, 0) is 20.5 Å². The monoisotopic (exact) mass is 453 g/mol. The van der Waals surface area contributed by atoms with E-state index in [1.807, 2.05) is 24.5 Å². The number of rotatable bonds is 3. The average molecular weight is 453 g/mol. The number of carboxylic acids is 1. The molecule has 3 aliphatic carbocycles. The smallest absolute Gasteiger partial charge is 0.475 e. The van der Waals surface area contributed by atoms with Gasteiger partial charge in [-0.05, 0) is 55.1 Å². The molecule has 5 atom stereocenters. The molecule has 32 heavy (non-hydrogen) atoms. The number of fused-ring (bicyclic) bond motifs is 1. The lowest BCUT2D eigenvalue weighted by atomic mass is 9.43. The minimum atomic E-state index is -5.08. The molecule has 4 fully saturated rings. The van der Waals surface area contributed by atoms with Crippen molar-refractivity contribution in [3.05, 3.63) is 36.1 Å². The summed E-state index contributed by atoms with van der Waals surface area (Å²) in [5.41, 5.74) is 8.70. The molecule has 0 unspecified atom stereocenters. The largest absolute Gasteiger partial charge is 0.490 e. The number of hydrogen-bond acceptors (Lipinski definition) is 5. The van der Waals surface area contributed by atoms with E-state index in [0.29, 0.717) is 17.8 Å². The lowest BCUT2D eigenvalue weighted by molar-refractivity contribution is -0.199. The quantitative estimate of drug-likeness (QED) is 0.677. The van der Waals surface area contributed by atoms with E-state index in [0.717, 1.165) is 28.9 Å². The van der Waals surface area contributed by atoms with Crippen molar-refractivity contribution in [2.45, 2.75) is 63.9 Å². The van der Waals surface area contributed by atoms with Gasteiger partial charge in [0.15, 0.2) is 0 Å². The number of halogens is 3. The molecule has 3 saturated carbocycles. The Kier molecular flexibility index (Phi) is 5.62. The first-order valence-electron chi connectivity index (χ1n) is 10.7. The van der Waals surface area contributed by atoms with Gasteiger partial charge >= 0.3 is 19.3 Å². The van der Waals surface area contributed by atoms with E-state index in [-0.39, 0.29) is 24.8 Å². The molecule has 0 radical (unpaired) electrons. The number of hydrogen-bond donors (Lipinski definition) is 2. The molecule has 2 heterocycles. The predicted molar refractivity (Wildman–Crippen MR) is 112 cm³/mol. The summed E-state index contributed by atoms with van der Waals surface area (Å²) in [5, 5.41) is 8.25. The van der Waals surface area contributed by atoms with Crippen LogP contribution >= 0.6 is 0 Å². The zero-order valence-electron chi connectivity index (χ0n) is 18.2. The van der Waals surface area contributed by atoms with E-state index in [2.05, 4.69) is 26.8 Å². The summed E-state index contributed by atoms with van der Waals surface area (Å²) >= 11 is 0. The highest BCUT2D eigenvalue weighted by atomic mass is 19.4. The van der Waals surface area contributed by atoms with Crippen LogP contribution in [0.5, 0.6) is 0 Å². The van der Waals surface area contributed by atoms with Crippen molar-refractivity contribution in [3.8, 4) is 0 Å². The molecule has 0 amide bonds. The predicted octanol–water partition coefficient (Wildman–Crippen LogP) is 4.20. The Balaban J connectivity index is 0.000000307. The van der Waals surface area contributed by atoms with Gasteiger partial charge in [-0.15, -0.1) is 0 Å². The SMILES string of the molecule is CC1(C)[C@@H]2C[C@H]3OB([C@@H](N)Cc4coc5ccccc45)O[C@@]3(C)[C@H]1C2.O=C(O)C(F)(F)F. The second-order valence-corrected chi connectivity index (χ2v) is 9.77. The molecule has 1 aromatic carbocycles. The summed E-state index contributed by atoms with van der Waals surface area (Å²) < 4.78 is 50.2. The first-order valence-corrected chi connectivity index (χ1v) is 10.7. The van der Waals surface area contributed by atoms with Crippen molar-refractivity contribution in [1.82, 2.24) is 0 Å². The number of furan rings is 1. The van der Waals surface area contributed by atoms with Gasteiger partial charge in [-0.2, -0.15) is 13.2 Å². The number of benzene rings is 1. The minimum absolute atomic E-state index is 0.182. The maximum Gasteiger partial charge on any atom is 0.490 e. The number of para-hydroxylation sites is 1. The second kappa shape index (κ2) is 7.78. The highest BCUT2D eigenvalue weighted by Crippen LogP contribution is 2.65. The van der Waals surface area contributed by atoms with Crippen LogP contribution in [-0.4, -0.2) is 42.0 Å². The molecule has 3 N–H and O–H groups in total. The van der Waals surface area contributed by atoms with Crippen LogP contribution in [0.25, 0.3) is 11.0 Å². The van der Waals surface area contributed by atoms with Crippen molar-refractivity contribution in [2.75, 3.05) is 0 Å². The van der Waals surface area contributed by atoms with Crippen LogP contribution in [0.15, 0.2) is 34.9 Å². The normalized spacial score (nSPS) is 31.3. The van der Waals surface area contributed by atoms with E-state index in [1.54, 1.807) is 0 Å². The van der Waals surface area contributed by atoms with Gasteiger partial charge in [0.1, 0.15) is 5.58 Å². The highest BCUT2D eigenvalue weighted by Gasteiger charge is 2.68. The van der Waals surface area contributed by atoms with Gasteiger partial charge < -0.3 is 24.6 Å². The van der Waals surface area contributed by atoms with Crippen molar-refractivity contribution in [2.24, 2.45) is 23.0 Å². The van der Waals surface area contributed by atoms with E-state index < -0.39 is 12.1 Å². The zero-order valence-corrected chi connectivity index (χ0v) is 18.2. The van der Waals surface area contributed by atoms with Crippen LogP contribution in [0, 0.1) is 17.3 Å². The molecule has 1 aromatic heterocycles. The van der Waals surface area contributed by atoms with Crippen LogP contribution in [0.4, 0.5) is 13.2 Å². The molecule has 4 aliphatic rings. The van der Waals surface area contributed by atoms with Crippen LogP contribution in [0.3, 0.4) is 0 Å². The fourth-order valence-electron chi connectivity index (χ4n) is 5.62. The number of aliphatic carboxylic acids is 1. The molecule has 1 aliphatic heterocycles. The lowest BCUT2D eigenvalue weighted by Crippen LogP contribution is -2.65. The van der Waals surface area contributed by atoms with Gasteiger partial charge in [-0.25, -0.2) is 4.79 Å². The minimum Gasteiger partial charge on any atom is -0.475 e. The van der Waals surface area contributed by atoms with E-state index >= 15 is 0 Å². The fraction of sp³-hybridized carbons (Fsp3) is 0.591. The van der Waals surface area contributed by atoms with Crippen LogP contribution in [0.1, 0.15) is 39.2 Å². The summed E-state index contributed by atoms with van der Waals surface area (Å²) in [4.78, 5) is 8.90. The topological polar surface area (TPSA) is 94.9 Å². The van der Waals surface area contributed by atoms with Crippen molar-refractivity contribution in [1.29, 1.82) is 0 Å². The Bertz CT molecular complexity index is 1010. The molecule has 0 spiro atoms. The summed E-state index contributed by atoms with van der Waals surface area (Å²) in [5.74, 6) is -1.63. The zero-order chi connectivity index (χ0) is 23.5. The molecular formula is C22H27BF3NO5. The molecule has 2 bridgehead atoms. The number of carbonyl (C=O) groups is 1. The van der Waals surface area contributed by atoms with Crippen molar-refractivity contribution >= 4 is 24.1 Å². The molecule has 6 rings (SSSR count). The van der Waals surface area contributed by atoms with Gasteiger partial charge in [0.2, 0.25) is 0 Å². The van der Waals surface area contributed by atoms with Crippen LogP contribution in [0.2, 0.25) is 0 Å². The maximum absolute atomic E-state index is 10.6. The summed E-state index contributed by atoms with van der Waals surface area (Å²) in [6, 6.07) is 8.08. The molecular weight excluding hydrogens is 426 g/mol. The van der Waals surface area contributed by atoms with Gasteiger partial charge in [0.05, 0.1) is 18.0 Å². The molecule has 2 aromatic rings. The van der Waals surface area contributed by atoms with Crippen LogP contribution < -0.4 is 5.73 Å². The number of alkyl halides is 3. The van der Waals surface area contributed by atoms with E-state index in [4.69, 9.17) is 29.4 Å². The van der Waals surface area contributed by atoms with E-state index in [1.165, 1.54) is 6.42 Å². The molecule has 6 nitrogen and oxygen atoms in total. The van der Waals surface area contributed by atoms with Gasteiger partial charge in [-0.3, -0.25) is 0 Å². The molecule has 10 heteroatoms. The Hall–Kier alpha value is -2.04. The van der Waals surface area contributed by atoms with Crippen molar-refractivity contribution < 1.29 is 36.8 Å². The third kappa shape index (κ3) is 3.82. The molecule has 1 saturated heterocycles. The Morgan fingerprint density at radius 1 is 1.28 bits per heavy atom. The second-order valence-electron chi connectivity index (χ2n) is 9.77. The fourth-order valence-corrected chi connectivity index (χ4v) is 5.62. The van der Waals surface area contributed by atoms with Gasteiger partial charge in [0, 0.05) is 11.3 Å². The number of carboxylic acid groups (broad SMARTS) is 1. The summed E-state index contributed by atoms with van der Waals surface area (Å²) in [6.07, 6.45) is -0.0346. The first kappa shape index (κ1) is 23.1. The summed E-state index contributed by atoms with van der Waals surface area (Å²) in [7, 11) is -0.334.